The highest BCUT2D eigenvalue weighted by atomic mass is 35.5. The SMILES string of the molecule is COC(=O)[C@H](c1ccc(F)cc1Cl)[C@H]1C=C[C@@H](NC(=O)c2ccccc2OC)C1. The summed E-state index contributed by atoms with van der Waals surface area (Å²) in [6, 6.07) is 10.6. The Morgan fingerprint density at radius 3 is 2.62 bits per heavy atom. The monoisotopic (exact) mass is 417 g/mol. The van der Waals surface area contributed by atoms with Crippen LogP contribution in [-0.2, 0) is 9.53 Å². The molecule has 0 saturated carbocycles. The molecule has 0 aromatic heterocycles. The molecule has 0 aliphatic heterocycles. The van der Waals surface area contributed by atoms with Crippen molar-refractivity contribution in [3.05, 3.63) is 76.6 Å². The third-order valence-corrected chi connectivity index (χ3v) is 5.29. The number of benzene rings is 2. The first-order valence-electron chi connectivity index (χ1n) is 9.09. The number of methoxy groups -OCH3 is 2. The first-order chi connectivity index (χ1) is 13.9. The van der Waals surface area contributed by atoms with E-state index in [1.165, 1.54) is 32.4 Å². The van der Waals surface area contributed by atoms with Crippen molar-refractivity contribution in [1.29, 1.82) is 0 Å². The average Bonchev–Trinajstić information content (AvgIpc) is 3.17. The fourth-order valence-corrected chi connectivity index (χ4v) is 3.86. The zero-order chi connectivity index (χ0) is 21.0. The highest BCUT2D eigenvalue weighted by Gasteiger charge is 2.35. The Morgan fingerprint density at radius 2 is 1.93 bits per heavy atom. The van der Waals surface area contributed by atoms with E-state index in [-0.39, 0.29) is 22.9 Å². The van der Waals surface area contributed by atoms with Gasteiger partial charge in [-0.2, -0.15) is 0 Å². The number of esters is 1. The molecule has 1 amide bonds. The van der Waals surface area contributed by atoms with Gasteiger partial charge in [0.2, 0.25) is 0 Å². The normalized spacial score (nSPS) is 18.9. The maximum absolute atomic E-state index is 13.4. The van der Waals surface area contributed by atoms with Gasteiger partial charge >= 0.3 is 5.97 Å². The Hall–Kier alpha value is -2.86. The van der Waals surface area contributed by atoms with Gasteiger partial charge in [0.25, 0.3) is 5.91 Å². The van der Waals surface area contributed by atoms with Crippen LogP contribution in [0.3, 0.4) is 0 Å². The van der Waals surface area contributed by atoms with Crippen LogP contribution in [0.15, 0.2) is 54.6 Å². The molecule has 152 valence electrons. The number of allylic oxidation sites excluding steroid dienone is 1. The van der Waals surface area contributed by atoms with Crippen LogP contribution in [0.2, 0.25) is 5.02 Å². The van der Waals surface area contributed by atoms with E-state index in [0.717, 1.165) is 0 Å². The minimum atomic E-state index is -0.697. The summed E-state index contributed by atoms with van der Waals surface area (Å²) in [4.78, 5) is 25.1. The molecule has 0 heterocycles. The van der Waals surface area contributed by atoms with Crippen LogP contribution in [0.4, 0.5) is 4.39 Å². The van der Waals surface area contributed by atoms with Crippen LogP contribution in [0.5, 0.6) is 5.75 Å². The van der Waals surface area contributed by atoms with Gasteiger partial charge in [-0.05, 0) is 42.2 Å². The lowest BCUT2D eigenvalue weighted by Gasteiger charge is -2.23. The first-order valence-corrected chi connectivity index (χ1v) is 9.47. The molecule has 1 aliphatic carbocycles. The Kier molecular flexibility index (Phi) is 6.54. The molecule has 0 bridgehead atoms. The van der Waals surface area contributed by atoms with Crippen LogP contribution in [0, 0.1) is 11.7 Å². The highest BCUT2D eigenvalue weighted by Crippen LogP contribution is 2.37. The molecule has 3 atom stereocenters. The van der Waals surface area contributed by atoms with Crippen molar-refractivity contribution in [3.8, 4) is 5.75 Å². The van der Waals surface area contributed by atoms with Gasteiger partial charge < -0.3 is 14.8 Å². The molecule has 5 nitrogen and oxygen atoms in total. The summed E-state index contributed by atoms with van der Waals surface area (Å²) in [5.41, 5.74) is 0.921. The molecular formula is C22H21ClFNO4. The summed E-state index contributed by atoms with van der Waals surface area (Å²) in [6.45, 7) is 0. The summed E-state index contributed by atoms with van der Waals surface area (Å²) >= 11 is 6.18. The predicted molar refractivity (Wildman–Crippen MR) is 108 cm³/mol. The number of rotatable bonds is 6. The fraction of sp³-hybridized carbons (Fsp3) is 0.273. The van der Waals surface area contributed by atoms with Crippen molar-refractivity contribution in [3.63, 3.8) is 0 Å². The van der Waals surface area contributed by atoms with E-state index in [2.05, 4.69) is 5.32 Å². The number of hydrogen-bond donors (Lipinski definition) is 1. The molecule has 0 unspecified atom stereocenters. The fourth-order valence-electron chi connectivity index (χ4n) is 3.57. The first kappa shape index (κ1) is 20.9. The largest absolute Gasteiger partial charge is 0.496 e. The Balaban J connectivity index is 1.76. The zero-order valence-electron chi connectivity index (χ0n) is 16.0. The average molecular weight is 418 g/mol. The number of nitrogens with one attached hydrogen (secondary N) is 1. The van der Waals surface area contributed by atoms with E-state index in [0.29, 0.717) is 23.3 Å². The van der Waals surface area contributed by atoms with Crippen LogP contribution in [-0.4, -0.2) is 32.1 Å². The van der Waals surface area contributed by atoms with Crippen molar-refractivity contribution in [1.82, 2.24) is 5.32 Å². The van der Waals surface area contributed by atoms with Crippen molar-refractivity contribution in [2.24, 2.45) is 5.92 Å². The number of carbonyl (C=O) groups is 2. The van der Waals surface area contributed by atoms with Crippen molar-refractivity contribution >= 4 is 23.5 Å². The smallest absolute Gasteiger partial charge is 0.313 e. The Bertz CT molecular complexity index is 946. The molecule has 1 N–H and O–H groups in total. The number of halogens is 2. The molecule has 0 saturated heterocycles. The van der Waals surface area contributed by atoms with Gasteiger partial charge in [0.1, 0.15) is 11.6 Å². The summed E-state index contributed by atoms with van der Waals surface area (Å²) in [6.07, 6.45) is 4.17. The van der Waals surface area contributed by atoms with Crippen molar-refractivity contribution in [2.45, 2.75) is 18.4 Å². The molecule has 0 radical (unpaired) electrons. The summed E-state index contributed by atoms with van der Waals surface area (Å²) in [5.74, 6) is -1.69. The molecule has 29 heavy (non-hydrogen) atoms. The quantitative estimate of drug-likeness (QED) is 0.567. The van der Waals surface area contributed by atoms with Crippen LogP contribution in [0.1, 0.15) is 28.3 Å². The Labute approximate surface area is 173 Å². The lowest BCUT2D eigenvalue weighted by atomic mass is 9.85. The molecular weight excluding hydrogens is 397 g/mol. The number of ether oxygens (including phenoxy) is 2. The second-order valence-electron chi connectivity index (χ2n) is 6.73. The van der Waals surface area contributed by atoms with Gasteiger partial charge in [-0.15, -0.1) is 0 Å². The molecule has 0 fully saturated rings. The second kappa shape index (κ2) is 9.09. The van der Waals surface area contributed by atoms with Gasteiger partial charge in [0.05, 0.1) is 25.7 Å². The number of amides is 1. The lowest BCUT2D eigenvalue weighted by Crippen LogP contribution is -2.34. The Morgan fingerprint density at radius 1 is 1.17 bits per heavy atom. The third-order valence-electron chi connectivity index (χ3n) is 4.97. The van der Waals surface area contributed by atoms with E-state index in [1.807, 2.05) is 12.2 Å². The molecule has 2 aromatic carbocycles. The summed E-state index contributed by atoms with van der Waals surface area (Å²) in [5, 5.41) is 3.10. The lowest BCUT2D eigenvalue weighted by molar-refractivity contribution is -0.143. The molecule has 3 rings (SSSR count). The van der Waals surface area contributed by atoms with Crippen molar-refractivity contribution < 1.29 is 23.5 Å². The van der Waals surface area contributed by atoms with E-state index >= 15 is 0 Å². The zero-order valence-corrected chi connectivity index (χ0v) is 16.8. The van der Waals surface area contributed by atoms with E-state index in [1.54, 1.807) is 24.3 Å². The third kappa shape index (κ3) is 4.59. The summed E-state index contributed by atoms with van der Waals surface area (Å²) < 4.78 is 23.6. The number of para-hydroxylation sites is 1. The second-order valence-corrected chi connectivity index (χ2v) is 7.14. The number of carbonyl (C=O) groups excluding carboxylic acids is 2. The molecule has 0 spiro atoms. The maximum atomic E-state index is 13.4. The molecule has 7 heteroatoms. The van der Waals surface area contributed by atoms with Gasteiger partial charge in [-0.25, -0.2) is 4.39 Å². The van der Waals surface area contributed by atoms with Crippen molar-refractivity contribution in [2.75, 3.05) is 14.2 Å². The standard InChI is InChI=1S/C22H21ClFNO4/c1-28-19-6-4-3-5-17(19)21(26)25-15-9-7-13(11-15)20(22(27)29-2)16-10-8-14(24)12-18(16)23/h3-10,12-13,15,20H,11H2,1-2H3,(H,25,26)/t13-,15+,20-/m0/s1. The molecule has 1 aliphatic rings. The minimum Gasteiger partial charge on any atom is -0.496 e. The highest BCUT2D eigenvalue weighted by molar-refractivity contribution is 6.31. The van der Waals surface area contributed by atoms with E-state index in [4.69, 9.17) is 21.1 Å². The number of hydrogen-bond acceptors (Lipinski definition) is 4. The van der Waals surface area contributed by atoms with Gasteiger partial charge in [0, 0.05) is 11.1 Å². The van der Waals surface area contributed by atoms with Gasteiger partial charge in [-0.3, -0.25) is 9.59 Å². The van der Waals surface area contributed by atoms with Crippen LogP contribution >= 0.6 is 11.6 Å². The van der Waals surface area contributed by atoms with Gasteiger partial charge in [0.15, 0.2) is 0 Å². The molecule has 2 aromatic rings. The van der Waals surface area contributed by atoms with Crippen LogP contribution < -0.4 is 10.1 Å². The minimum absolute atomic E-state index is 0.162. The van der Waals surface area contributed by atoms with Crippen LogP contribution in [0.25, 0.3) is 0 Å². The predicted octanol–water partition coefficient (Wildman–Crippen LogP) is 4.12. The van der Waals surface area contributed by atoms with E-state index < -0.39 is 17.7 Å². The topological polar surface area (TPSA) is 64.6 Å². The maximum Gasteiger partial charge on any atom is 0.313 e. The summed E-state index contributed by atoms with van der Waals surface area (Å²) in [7, 11) is 2.80. The van der Waals surface area contributed by atoms with Gasteiger partial charge in [-0.1, -0.05) is 42.0 Å². The van der Waals surface area contributed by atoms with E-state index in [9.17, 15) is 14.0 Å².